The van der Waals surface area contributed by atoms with E-state index in [-0.39, 0.29) is 11.6 Å². The van der Waals surface area contributed by atoms with Crippen molar-refractivity contribution in [1.29, 1.82) is 5.26 Å². The number of esters is 1. The van der Waals surface area contributed by atoms with Crippen molar-refractivity contribution in [3.63, 3.8) is 0 Å². The molecule has 1 aliphatic heterocycles. The minimum Gasteiger partial charge on any atom is -0.489 e. The topological polar surface area (TPSA) is 94.6 Å². The van der Waals surface area contributed by atoms with Crippen molar-refractivity contribution < 1.29 is 19.0 Å². The molecule has 0 aromatic heterocycles. The summed E-state index contributed by atoms with van der Waals surface area (Å²) >= 11 is 12.1. The second-order valence-corrected chi connectivity index (χ2v) is 10.2. The summed E-state index contributed by atoms with van der Waals surface area (Å²) in [5.74, 6) is 0.267. The number of hydrogen-bond acceptors (Lipinski definition) is 6. The average molecular weight is 583 g/mol. The number of rotatable bonds is 7. The van der Waals surface area contributed by atoms with Gasteiger partial charge in [-0.25, -0.2) is 4.79 Å². The van der Waals surface area contributed by atoms with Crippen molar-refractivity contribution >= 4 is 35.2 Å². The second kappa shape index (κ2) is 12.2. The number of aryl methyl sites for hydroxylation is 1. The number of benzene rings is 4. The maximum Gasteiger partial charge on any atom is 0.336 e. The van der Waals surface area contributed by atoms with Crippen LogP contribution in [0.5, 0.6) is 17.2 Å². The molecule has 0 saturated heterocycles. The number of carbonyl (C=O) groups excluding carboxylic acids is 1. The first-order valence-corrected chi connectivity index (χ1v) is 13.4. The lowest BCUT2D eigenvalue weighted by molar-refractivity contribution is -0.128. The van der Waals surface area contributed by atoms with E-state index in [9.17, 15) is 10.1 Å². The van der Waals surface area contributed by atoms with Crippen LogP contribution in [0.25, 0.3) is 6.08 Å². The summed E-state index contributed by atoms with van der Waals surface area (Å²) in [7, 11) is 0. The number of fused-ring (bicyclic) bond motifs is 1. The van der Waals surface area contributed by atoms with Crippen LogP contribution in [0.1, 0.15) is 33.7 Å². The van der Waals surface area contributed by atoms with Gasteiger partial charge in [0, 0.05) is 27.8 Å². The Morgan fingerprint density at radius 3 is 2.44 bits per heavy atom. The zero-order valence-corrected chi connectivity index (χ0v) is 23.4. The van der Waals surface area contributed by atoms with E-state index in [0.29, 0.717) is 44.9 Å². The Hall–Kier alpha value is -4.70. The Kier molecular flexibility index (Phi) is 8.30. The van der Waals surface area contributed by atoms with Crippen LogP contribution >= 0.6 is 23.2 Å². The number of ether oxygens (including phenoxy) is 3. The summed E-state index contributed by atoms with van der Waals surface area (Å²) in [6.45, 7) is 2.49. The van der Waals surface area contributed by atoms with E-state index in [1.165, 1.54) is 11.6 Å². The highest BCUT2D eigenvalue weighted by atomic mass is 35.5. The molecule has 4 aromatic carbocycles. The average Bonchev–Trinajstić information content (AvgIpc) is 2.96. The molecule has 6 nitrogen and oxygen atoms in total. The molecule has 1 heterocycles. The number of halogens is 2. The fraction of sp³-hybridized carbons (Fsp3) is 0.0909. The zero-order valence-electron chi connectivity index (χ0n) is 21.9. The molecule has 8 heteroatoms. The molecule has 0 bridgehead atoms. The molecule has 1 aliphatic rings. The normalized spacial score (nSPS) is 14.2. The molecule has 0 saturated carbocycles. The van der Waals surface area contributed by atoms with Gasteiger partial charge in [-0.2, -0.15) is 5.26 Å². The van der Waals surface area contributed by atoms with Crippen LogP contribution in [0.4, 0.5) is 0 Å². The van der Waals surface area contributed by atoms with Gasteiger partial charge in [-0.1, -0.05) is 77.3 Å². The van der Waals surface area contributed by atoms with Gasteiger partial charge in [-0.05, 0) is 60.0 Å². The molecule has 1 unspecified atom stereocenters. The Morgan fingerprint density at radius 2 is 1.73 bits per heavy atom. The first kappa shape index (κ1) is 27.9. The van der Waals surface area contributed by atoms with E-state index in [0.717, 1.165) is 11.1 Å². The molecular weight excluding hydrogens is 559 g/mol. The number of nitrogens with two attached hydrogens (primary N) is 1. The molecule has 0 fully saturated rings. The van der Waals surface area contributed by atoms with Crippen LogP contribution in [-0.2, 0) is 11.4 Å². The highest BCUT2D eigenvalue weighted by Crippen LogP contribution is 2.43. The van der Waals surface area contributed by atoms with Gasteiger partial charge in [0.1, 0.15) is 35.5 Å². The van der Waals surface area contributed by atoms with Gasteiger partial charge in [0.2, 0.25) is 5.88 Å². The predicted octanol–water partition coefficient (Wildman–Crippen LogP) is 7.72. The molecule has 204 valence electrons. The van der Waals surface area contributed by atoms with Crippen LogP contribution in [0.2, 0.25) is 10.0 Å². The summed E-state index contributed by atoms with van der Waals surface area (Å²) in [6.07, 6.45) is 2.81. The fourth-order valence-corrected chi connectivity index (χ4v) is 4.87. The van der Waals surface area contributed by atoms with Gasteiger partial charge in [0.15, 0.2) is 0 Å². The molecule has 41 heavy (non-hydrogen) atoms. The number of carbonyl (C=O) groups is 1. The lowest BCUT2D eigenvalue weighted by Crippen LogP contribution is -2.21. The number of hydrogen-bond donors (Lipinski definition) is 1. The highest BCUT2D eigenvalue weighted by molar-refractivity contribution is 6.35. The first-order chi connectivity index (χ1) is 19.8. The van der Waals surface area contributed by atoms with Crippen LogP contribution < -0.4 is 19.9 Å². The lowest BCUT2D eigenvalue weighted by atomic mass is 9.83. The first-order valence-electron chi connectivity index (χ1n) is 12.7. The van der Waals surface area contributed by atoms with E-state index in [1.54, 1.807) is 42.5 Å². The van der Waals surface area contributed by atoms with Gasteiger partial charge >= 0.3 is 5.97 Å². The Labute approximate surface area is 247 Å². The fourth-order valence-electron chi connectivity index (χ4n) is 4.39. The van der Waals surface area contributed by atoms with Crippen LogP contribution in [-0.4, -0.2) is 5.97 Å². The SMILES string of the molecule is Cc1ccc(COc2ccc(C3C(C#N)=C(N)Oc4cc(OC(=O)/C=C/c5ccc(Cl)cc5Cl)ccc43)cc2)cc1. The molecule has 0 spiro atoms. The summed E-state index contributed by atoms with van der Waals surface area (Å²) in [6, 6.07) is 27.8. The van der Waals surface area contributed by atoms with Gasteiger partial charge in [-0.15, -0.1) is 0 Å². The standard InChI is InChI=1S/C33H24Cl2N2O4/c1-20-2-4-21(5-3-20)19-39-25-11-7-23(8-12-25)32-27-14-13-26(17-30(27)41-33(37)28(32)18-36)40-31(38)15-9-22-6-10-24(34)16-29(22)35/h2-17,32H,19,37H2,1H3/b15-9+. The molecule has 5 rings (SSSR count). The van der Waals surface area contributed by atoms with E-state index in [1.807, 2.05) is 55.5 Å². The second-order valence-electron chi connectivity index (χ2n) is 9.39. The Balaban J connectivity index is 1.33. The lowest BCUT2D eigenvalue weighted by Gasteiger charge is -2.26. The number of nitriles is 1. The smallest absolute Gasteiger partial charge is 0.336 e. The monoisotopic (exact) mass is 582 g/mol. The summed E-state index contributed by atoms with van der Waals surface area (Å²) < 4.78 is 17.2. The number of nitrogens with zero attached hydrogens (tertiary/aromatic N) is 1. The molecule has 0 amide bonds. The maximum absolute atomic E-state index is 12.5. The van der Waals surface area contributed by atoms with Crippen LogP contribution in [0, 0.1) is 18.3 Å². The van der Waals surface area contributed by atoms with Crippen molar-refractivity contribution in [3.05, 3.63) is 140 Å². The van der Waals surface area contributed by atoms with E-state index < -0.39 is 11.9 Å². The van der Waals surface area contributed by atoms with Crippen molar-refractivity contribution in [2.24, 2.45) is 5.73 Å². The number of allylic oxidation sites excluding steroid dienone is 1. The highest BCUT2D eigenvalue weighted by Gasteiger charge is 2.31. The minimum absolute atomic E-state index is 0.00884. The van der Waals surface area contributed by atoms with Crippen molar-refractivity contribution in [1.82, 2.24) is 0 Å². The molecule has 1 atom stereocenters. The van der Waals surface area contributed by atoms with Crippen molar-refractivity contribution in [2.45, 2.75) is 19.4 Å². The molecule has 4 aromatic rings. The Morgan fingerprint density at radius 1 is 1.00 bits per heavy atom. The van der Waals surface area contributed by atoms with Crippen molar-refractivity contribution in [3.8, 4) is 23.3 Å². The summed E-state index contributed by atoms with van der Waals surface area (Å²) in [4.78, 5) is 12.5. The van der Waals surface area contributed by atoms with Crippen LogP contribution in [0.3, 0.4) is 0 Å². The van der Waals surface area contributed by atoms with Gasteiger partial charge in [-0.3, -0.25) is 0 Å². The molecule has 0 radical (unpaired) electrons. The Bertz CT molecular complexity index is 1710. The van der Waals surface area contributed by atoms with Crippen molar-refractivity contribution in [2.75, 3.05) is 0 Å². The molecule has 2 N–H and O–H groups in total. The molecular formula is C33H24Cl2N2O4. The van der Waals surface area contributed by atoms with E-state index in [4.69, 9.17) is 43.1 Å². The van der Waals surface area contributed by atoms with E-state index in [2.05, 4.69) is 6.07 Å². The van der Waals surface area contributed by atoms with Gasteiger partial charge in [0.05, 0.1) is 5.92 Å². The quantitative estimate of drug-likeness (QED) is 0.136. The molecule has 0 aliphatic carbocycles. The van der Waals surface area contributed by atoms with Crippen LogP contribution in [0.15, 0.2) is 102 Å². The minimum atomic E-state index is -0.606. The summed E-state index contributed by atoms with van der Waals surface area (Å²) in [5.41, 5.74) is 10.9. The van der Waals surface area contributed by atoms with E-state index >= 15 is 0 Å². The third kappa shape index (κ3) is 6.55. The van der Waals surface area contributed by atoms with Gasteiger partial charge < -0.3 is 19.9 Å². The summed E-state index contributed by atoms with van der Waals surface area (Å²) in [5, 5.41) is 10.8. The maximum atomic E-state index is 12.5. The van der Waals surface area contributed by atoms with Gasteiger partial charge in [0.25, 0.3) is 0 Å². The largest absolute Gasteiger partial charge is 0.489 e. The third-order valence-electron chi connectivity index (χ3n) is 6.51. The predicted molar refractivity (Wildman–Crippen MR) is 159 cm³/mol. The third-order valence-corrected chi connectivity index (χ3v) is 7.07. The zero-order chi connectivity index (χ0) is 28.9.